The zero-order valence-electron chi connectivity index (χ0n) is 31.6. The molecule has 0 saturated heterocycles. The third kappa shape index (κ3) is 4.68. The Kier molecular flexibility index (Phi) is 6.93. The van der Waals surface area contributed by atoms with Crippen molar-refractivity contribution >= 4 is 71.8 Å². The number of allylic oxidation sites excluding steroid dienone is 6. The molecule has 0 saturated carbocycles. The lowest BCUT2D eigenvalue weighted by molar-refractivity contribution is -0.573. The van der Waals surface area contributed by atoms with Crippen LogP contribution < -0.4 is 10.2 Å². The molecule has 270 valence electrons. The zero-order valence-corrected chi connectivity index (χ0v) is 31.6. The van der Waals surface area contributed by atoms with Gasteiger partial charge in [0.2, 0.25) is 0 Å². The molecule has 3 heterocycles. The topological polar surface area (TPSA) is 37.1 Å². The van der Waals surface area contributed by atoms with E-state index >= 15 is 0 Å². The standard InChI is InChI=1S/C53H38N4/c1-53-31-14-13-28-46(53)57(38-21-15-20-37(33-38)50-49(35-17-3-2-4-18-35)54-43-25-10-11-26-44(43)55-50)52-48(53)41-23-8-7-22-40(41)47-42-24-9-12-27-45(42)56(51(47)52)39-30-29-34-16-5-6-19-36(34)32-39/h2-30,32-33,44,55H,31H2,1H3/p+1. The van der Waals surface area contributed by atoms with E-state index in [1.165, 1.54) is 60.3 Å². The quantitative estimate of drug-likeness (QED) is 0.192. The molecule has 4 aliphatic rings. The highest BCUT2D eigenvalue weighted by Crippen LogP contribution is 2.60. The molecule has 0 bridgehead atoms. The van der Waals surface area contributed by atoms with Gasteiger partial charge in [0.1, 0.15) is 11.4 Å². The van der Waals surface area contributed by atoms with Gasteiger partial charge in [0.15, 0.2) is 11.7 Å². The number of nitrogens with two attached hydrogens (primary N) is 1. The summed E-state index contributed by atoms with van der Waals surface area (Å²) in [6, 6.07) is 53.6. The van der Waals surface area contributed by atoms with Crippen LogP contribution in [0.25, 0.3) is 60.4 Å². The van der Waals surface area contributed by atoms with E-state index in [2.05, 4.69) is 210 Å². The van der Waals surface area contributed by atoms with Crippen LogP contribution >= 0.6 is 0 Å². The Morgan fingerprint density at radius 2 is 1.44 bits per heavy atom. The Labute approximate surface area is 331 Å². The van der Waals surface area contributed by atoms with E-state index in [-0.39, 0.29) is 11.5 Å². The maximum atomic E-state index is 5.33. The largest absolute Gasteiger partial charge is 0.311 e. The average Bonchev–Trinajstić information content (AvgIpc) is 3.76. The number of benzene rings is 7. The van der Waals surface area contributed by atoms with Crippen LogP contribution in [0.4, 0.5) is 11.4 Å². The van der Waals surface area contributed by atoms with Crippen molar-refractivity contribution in [2.75, 3.05) is 4.90 Å². The first-order valence-electron chi connectivity index (χ1n) is 20.0. The first kappa shape index (κ1) is 32.3. The summed E-state index contributed by atoms with van der Waals surface area (Å²) >= 11 is 0. The minimum absolute atomic E-state index is 0.131. The number of fused-ring (bicyclic) bond motifs is 12. The molecule has 7 aromatic carbocycles. The van der Waals surface area contributed by atoms with Gasteiger partial charge < -0.3 is 14.8 Å². The van der Waals surface area contributed by atoms with Gasteiger partial charge in [0, 0.05) is 44.4 Å². The number of aromatic nitrogens is 1. The molecule has 2 N–H and O–H groups in total. The number of nitrogens with zero attached hydrogens (tertiary/aromatic N) is 3. The summed E-state index contributed by atoms with van der Waals surface area (Å²) in [6.45, 7) is 2.45. The Morgan fingerprint density at radius 1 is 0.667 bits per heavy atom. The predicted molar refractivity (Wildman–Crippen MR) is 238 cm³/mol. The average molecular weight is 732 g/mol. The number of quaternary nitrogens is 1. The van der Waals surface area contributed by atoms with Gasteiger partial charge >= 0.3 is 0 Å². The number of rotatable bonds is 4. The zero-order chi connectivity index (χ0) is 37.7. The van der Waals surface area contributed by atoms with E-state index in [1.54, 1.807) is 0 Å². The predicted octanol–water partition coefficient (Wildman–Crippen LogP) is 11.7. The molecule has 2 atom stereocenters. The molecule has 2 unspecified atom stereocenters. The molecule has 4 heteroatoms. The molecular weight excluding hydrogens is 693 g/mol. The summed E-state index contributed by atoms with van der Waals surface area (Å²) in [5.41, 5.74) is 14.0. The van der Waals surface area contributed by atoms with Crippen LogP contribution in [-0.4, -0.2) is 16.3 Å². The summed E-state index contributed by atoms with van der Waals surface area (Å²) < 4.78 is 2.54. The van der Waals surface area contributed by atoms with Crippen LogP contribution in [0.15, 0.2) is 199 Å². The van der Waals surface area contributed by atoms with Gasteiger partial charge in [-0.05, 0) is 95.1 Å². The third-order valence-corrected chi connectivity index (χ3v) is 12.6. The van der Waals surface area contributed by atoms with E-state index in [9.17, 15) is 0 Å². The molecule has 1 aromatic heterocycles. The first-order valence-corrected chi connectivity index (χ1v) is 20.0. The molecule has 0 amide bonds. The normalized spacial score (nSPS) is 19.7. The number of hydrogen-bond donors (Lipinski definition) is 1. The molecule has 0 radical (unpaired) electrons. The van der Waals surface area contributed by atoms with E-state index in [0.717, 1.165) is 46.0 Å². The van der Waals surface area contributed by atoms with E-state index in [4.69, 9.17) is 4.99 Å². The molecule has 12 rings (SSSR count). The van der Waals surface area contributed by atoms with Crippen molar-refractivity contribution < 1.29 is 5.32 Å². The van der Waals surface area contributed by atoms with Crippen LogP contribution in [-0.2, 0) is 5.41 Å². The molecule has 2 aliphatic carbocycles. The maximum Gasteiger partial charge on any atom is 0.164 e. The molecular formula is C53H39N4+. The fourth-order valence-electron chi connectivity index (χ4n) is 10.1. The minimum Gasteiger partial charge on any atom is -0.311 e. The van der Waals surface area contributed by atoms with Crippen molar-refractivity contribution in [2.24, 2.45) is 4.99 Å². The van der Waals surface area contributed by atoms with Gasteiger partial charge in [-0.25, -0.2) is 4.99 Å². The Hall–Kier alpha value is -7.01. The van der Waals surface area contributed by atoms with Crippen LogP contribution in [0.1, 0.15) is 30.0 Å². The Bertz CT molecular complexity index is 3210. The van der Waals surface area contributed by atoms with Crippen LogP contribution in [0, 0.1) is 0 Å². The van der Waals surface area contributed by atoms with Gasteiger partial charge in [-0.3, -0.25) is 0 Å². The van der Waals surface area contributed by atoms with E-state index < -0.39 is 0 Å². The highest BCUT2D eigenvalue weighted by atomic mass is 15.2. The SMILES string of the molecule is CC12CC=CC=C1N(c1cccc(C3=C(c4ccccc4)N=C4C=CC=CC4[NH2+]3)c1)c1c2c2ccccc2c2c3ccccc3n(-c3ccc4ccccc4c3)c12. The second-order valence-corrected chi connectivity index (χ2v) is 15.9. The number of aliphatic imine (C=N–C) groups is 1. The van der Waals surface area contributed by atoms with Crippen LogP contribution in [0.3, 0.4) is 0 Å². The van der Waals surface area contributed by atoms with Crippen molar-refractivity contribution in [3.63, 3.8) is 0 Å². The fraction of sp³-hybridized carbons (Fsp3) is 0.0755. The minimum atomic E-state index is -0.248. The van der Waals surface area contributed by atoms with E-state index in [1.807, 2.05) is 0 Å². The second-order valence-electron chi connectivity index (χ2n) is 15.9. The molecule has 4 nitrogen and oxygen atoms in total. The van der Waals surface area contributed by atoms with Crippen LogP contribution in [0.5, 0.6) is 0 Å². The Balaban J connectivity index is 1.18. The van der Waals surface area contributed by atoms with Crippen molar-refractivity contribution in [2.45, 2.75) is 24.8 Å². The van der Waals surface area contributed by atoms with Gasteiger partial charge in [0.25, 0.3) is 0 Å². The number of para-hydroxylation sites is 1. The number of hydrogen-bond acceptors (Lipinski definition) is 2. The second kappa shape index (κ2) is 12.2. The Morgan fingerprint density at radius 3 is 2.33 bits per heavy atom. The molecule has 57 heavy (non-hydrogen) atoms. The summed E-state index contributed by atoms with van der Waals surface area (Å²) in [7, 11) is 0. The van der Waals surface area contributed by atoms with Crippen molar-refractivity contribution in [1.82, 2.24) is 4.57 Å². The highest BCUT2D eigenvalue weighted by Gasteiger charge is 2.48. The van der Waals surface area contributed by atoms with Gasteiger partial charge in [-0.1, -0.05) is 133 Å². The maximum absolute atomic E-state index is 5.33. The summed E-state index contributed by atoms with van der Waals surface area (Å²) in [5, 5.41) is 10.0. The molecule has 0 spiro atoms. The lowest BCUT2D eigenvalue weighted by Gasteiger charge is -2.32. The highest BCUT2D eigenvalue weighted by molar-refractivity contribution is 6.27. The molecule has 8 aromatic rings. The number of anilines is 2. The fourth-order valence-corrected chi connectivity index (χ4v) is 10.1. The molecule has 2 aliphatic heterocycles. The lowest BCUT2D eigenvalue weighted by atomic mass is 9.74. The van der Waals surface area contributed by atoms with Crippen molar-refractivity contribution in [3.8, 4) is 5.69 Å². The van der Waals surface area contributed by atoms with Gasteiger partial charge in [-0.2, -0.15) is 0 Å². The smallest absolute Gasteiger partial charge is 0.164 e. The van der Waals surface area contributed by atoms with Gasteiger partial charge in [0.05, 0.1) is 16.7 Å². The summed E-state index contributed by atoms with van der Waals surface area (Å²) in [6.07, 6.45) is 16.5. The lowest BCUT2D eigenvalue weighted by Crippen LogP contribution is -2.89. The van der Waals surface area contributed by atoms with Gasteiger partial charge in [-0.15, -0.1) is 0 Å². The van der Waals surface area contributed by atoms with Crippen molar-refractivity contribution in [1.29, 1.82) is 0 Å². The van der Waals surface area contributed by atoms with Crippen LogP contribution in [0.2, 0.25) is 0 Å². The van der Waals surface area contributed by atoms with E-state index in [0.29, 0.717) is 0 Å². The first-order chi connectivity index (χ1) is 28.2. The summed E-state index contributed by atoms with van der Waals surface area (Å²) in [5.74, 6) is 0. The summed E-state index contributed by atoms with van der Waals surface area (Å²) in [4.78, 5) is 7.92. The molecule has 0 fully saturated rings. The van der Waals surface area contributed by atoms with Crippen molar-refractivity contribution in [3.05, 3.63) is 211 Å². The monoisotopic (exact) mass is 731 g/mol. The third-order valence-electron chi connectivity index (χ3n) is 12.6.